The van der Waals surface area contributed by atoms with Gasteiger partial charge in [0.05, 0.1) is 10.6 Å². The zero-order valence-electron chi connectivity index (χ0n) is 15.0. The van der Waals surface area contributed by atoms with Crippen LogP contribution in [0.1, 0.15) is 36.2 Å². The molecule has 0 radical (unpaired) electrons. The zero-order valence-corrected chi connectivity index (χ0v) is 15.8. The van der Waals surface area contributed by atoms with Crippen molar-refractivity contribution in [2.24, 2.45) is 0 Å². The molecular formula is C19H24N2O3S. The molecule has 0 aliphatic rings. The van der Waals surface area contributed by atoms with Crippen molar-refractivity contribution < 1.29 is 13.2 Å². The molecule has 2 aromatic carbocycles. The van der Waals surface area contributed by atoms with Crippen molar-refractivity contribution in [2.45, 2.75) is 38.1 Å². The first-order chi connectivity index (χ1) is 11.8. The Hall–Kier alpha value is -2.34. The van der Waals surface area contributed by atoms with E-state index in [9.17, 15) is 13.2 Å². The topological polar surface area (TPSA) is 66.5 Å². The molecule has 0 fully saturated rings. The highest BCUT2D eigenvalue weighted by Gasteiger charge is 2.22. The van der Waals surface area contributed by atoms with Gasteiger partial charge in [0.25, 0.3) is 15.9 Å². The Morgan fingerprint density at radius 3 is 2.40 bits per heavy atom. The molecular weight excluding hydrogens is 336 g/mol. The molecule has 0 saturated heterocycles. The number of anilines is 1. The minimum atomic E-state index is -3.74. The third-order valence-electron chi connectivity index (χ3n) is 4.14. The molecule has 25 heavy (non-hydrogen) atoms. The van der Waals surface area contributed by atoms with Gasteiger partial charge in [-0.05, 0) is 50.6 Å². The number of nitrogens with zero attached hydrogens (tertiary/aromatic N) is 1. The van der Waals surface area contributed by atoms with Crippen LogP contribution in [-0.2, 0) is 10.0 Å². The average Bonchev–Trinajstić information content (AvgIpc) is 2.61. The zero-order chi connectivity index (χ0) is 18.6. The van der Waals surface area contributed by atoms with Gasteiger partial charge in [-0.3, -0.25) is 9.10 Å². The van der Waals surface area contributed by atoms with Gasteiger partial charge in [0.2, 0.25) is 0 Å². The van der Waals surface area contributed by atoms with E-state index in [-0.39, 0.29) is 16.8 Å². The van der Waals surface area contributed by atoms with E-state index in [0.717, 1.165) is 12.0 Å². The second-order valence-corrected chi connectivity index (χ2v) is 8.09. The Balaban J connectivity index is 2.32. The van der Waals surface area contributed by atoms with Crippen LogP contribution in [0.5, 0.6) is 0 Å². The second-order valence-electron chi connectivity index (χ2n) is 6.12. The number of carbonyl (C=O) groups excluding carboxylic acids is 1. The van der Waals surface area contributed by atoms with Crippen LogP contribution in [-0.4, -0.2) is 27.4 Å². The Bertz CT molecular complexity index is 845. The number of hydrogen-bond donors (Lipinski definition) is 1. The molecule has 2 aromatic rings. The molecule has 1 N–H and O–H groups in total. The van der Waals surface area contributed by atoms with Crippen molar-refractivity contribution in [3.05, 3.63) is 59.7 Å². The summed E-state index contributed by atoms with van der Waals surface area (Å²) in [6.45, 7) is 5.82. The number of carbonyl (C=O) groups is 1. The van der Waals surface area contributed by atoms with Gasteiger partial charge in [0.1, 0.15) is 0 Å². The van der Waals surface area contributed by atoms with E-state index in [0.29, 0.717) is 11.3 Å². The lowest BCUT2D eigenvalue weighted by molar-refractivity contribution is 0.0939. The number of sulfonamides is 1. The fourth-order valence-electron chi connectivity index (χ4n) is 2.26. The average molecular weight is 360 g/mol. The summed E-state index contributed by atoms with van der Waals surface area (Å²) >= 11 is 0. The molecule has 0 spiro atoms. The SMILES string of the molecule is CC[C@@H](C)NC(=O)c1cccc(S(=O)(=O)N(C)c2ccc(C)cc2)c1. The molecule has 0 aliphatic carbocycles. The highest BCUT2D eigenvalue weighted by Crippen LogP contribution is 2.23. The van der Waals surface area contributed by atoms with Gasteiger partial charge in [-0.25, -0.2) is 8.42 Å². The lowest BCUT2D eigenvalue weighted by atomic mass is 10.2. The Labute approximate surface area is 149 Å². The number of nitrogens with one attached hydrogen (secondary N) is 1. The molecule has 0 heterocycles. The fourth-order valence-corrected chi connectivity index (χ4v) is 3.50. The Morgan fingerprint density at radius 1 is 1.16 bits per heavy atom. The molecule has 2 rings (SSSR count). The normalized spacial score (nSPS) is 12.5. The molecule has 0 aromatic heterocycles. The van der Waals surface area contributed by atoms with Gasteiger partial charge in [-0.2, -0.15) is 0 Å². The van der Waals surface area contributed by atoms with Gasteiger partial charge in [-0.15, -0.1) is 0 Å². The summed E-state index contributed by atoms with van der Waals surface area (Å²) in [6, 6.07) is 13.4. The molecule has 1 amide bonds. The number of hydrogen-bond acceptors (Lipinski definition) is 3. The van der Waals surface area contributed by atoms with Crippen molar-refractivity contribution in [3.8, 4) is 0 Å². The lowest BCUT2D eigenvalue weighted by Crippen LogP contribution is -2.32. The van der Waals surface area contributed by atoms with Crippen LogP contribution in [0.25, 0.3) is 0 Å². The largest absolute Gasteiger partial charge is 0.350 e. The lowest BCUT2D eigenvalue weighted by Gasteiger charge is -2.20. The highest BCUT2D eigenvalue weighted by molar-refractivity contribution is 7.92. The van der Waals surface area contributed by atoms with Gasteiger partial charge in [0.15, 0.2) is 0 Å². The summed E-state index contributed by atoms with van der Waals surface area (Å²) in [5.41, 5.74) is 1.96. The van der Waals surface area contributed by atoms with Crippen LogP contribution in [0.3, 0.4) is 0 Å². The van der Waals surface area contributed by atoms with Crippen molar-refractivity contribution >= 4 is 21.6 Å². The minimum Gasteiger partial charge on any atom is -0.350 e. The first-order valence-corrected chi connectivity index (χ1v) is 9.66. The maximum atomic E-state index is 12.9. The standard InChI is InChI=1S/C19H24N2O3S/c1-5-15(3)20-19(22)16-7-6-8-18(13-16)25(23,24)21(4)17-11-9-14(2)10-12-17/h6-13,15H,5H2,1-4H3,(H,20,22)/t15-/m1/s1. The minimum absolute atomic E-state index is 0.0306. The Morgan fingerprint density at radius 2 is 1.80 bits per heavy atom. The molecule has 0 bridgehead atoms. The van der Waals surface area contributed by atoms with E-state index in [1.165, 1.54) is 23.5 Å². The van der Waals surface area contributed by atoms with Crippen molar-refractivity contribution in [2.75, 3.05) is 11.4 Å². The van der Waals surface area contributed by atoms with Gasteiger partial charge >= 0.3 is 0 Å². The summed E-state index contributed by atoms with van der Waals surface area (Å²) < 4.78 is 27.0. The molecule has 5 nitrogen and oxygen atoms in total. The quantitative estimate of drug-likeness (QED) is 0.859. The van der Waals surface area contributed by atoms with Crippen molar-refractivity contribution in [1.82, 2.24) is 5.32 Å². The fraction of sp³-hybridized carbons (Fsp3) is 0.316. The summed E-state index contributed by atoms with van der Waals surface area (Å²) in [7, 11) is -2.24. The van der Waals surface area contributed by atoms with Gasteiger partial charge in [0, 0.05) is 18.7 Å². The summed E-state index contributed by atoms with van der Waals surface area (Å²) in [5.74, 6) is -0.274. The second kappa shape index (κ2) is 7.70. The molecule has 0 unspecified atom stereocenters. The molecule has 134 valence electrons. The predicted molar refractivity (Wildman–Crippen MR) is 100 cm³/mol. The van der Waals surface area contributed by atoms with Crippen molar-refractivity contribution in [3.63, 3.8) is 0 Å². The molecule has 0 saturated carbocycles. The Kier molecular flexibility index (Phi) is 5.85. The maximum absolute atomic E-state index is 12.9. The van der Waals surface area contributed by atoms with Crippen LogP contribution in [0.4, 0.5) is 5.69 Å². The smallest absolute Gasteiger partial charge is 0.264 e. The van der Waals surface area contributed by atoms with Gasteiger partial charge in [-0.1, -0.05) is 30.7 Å². The number of aryl methyl sites for hydroxylation is 1. The first-order valence-electron chi connectivity index (χ1n) is 8.22. The monoisotopic (exact) mass is 360 g/mol. The van der Waals surface area contributed by atoms with E-state index < -0.39 is 10.0 Å². The van der Waals surface area contributed by atoms with E-state index in [1.807, 2.05) is 32.9 Å². The third kappa shape index (κ3) is 4.39. The number of benzene rings is 2. The van der Waals surface area contributed by atoms with Crippen LogP contribution in [0.2, 0.25) is 0 Å². The van der Waals surface area contributed by atoms with Crippen LogP contribution in [0, 0.1) is 6.92 Å². The number of amides is 1. The highest BCUT2D eigenvalue weighted by atomic mass is 32.2. The molecule has 6 heteroatoms. The van der Waals surface area contributed by atoms with Crippen LogP contribution < -0.4 is 9.62 Å². The predicted octanol–water partition coefficient (Wildman–Crippen LogP) is 3.35. The third-order valence-corrected chi connectivity index (χ3v) is 5.92. The first kappa shape index (κ1) is 19.0. The van der Waals surface area contributed by atoms with Crippen molar-refractivity contribution in [1.29, 1.82) is 0 Å². The summed E-state index contributed by atoms with van der Waals surface area (Å²) in [6.07, 6.45) is 0.805. The van der Waals surface area contributed by atoms with Crippen LogP contribution >= 0.6 is 0 Å². The maximum Gasteiger partial charge on any atom is 0.264 e. The van der Waals surface area contributed by atoms with E-state index in [2.05, 4.69) is 5.32 Å². The van der Waals surface area contributed by atoms with Gasteiger partial charge < -0.3 is 5.32 Å². The molecule has 1 atom stereocenters. The summed E-state index contributed by atoms with van der Waals surface area (Å²) in [5, 5.41) is 2.84. The van der Waals surface area contributed by atoms with E-state index in [4.69, 9.17) is 0 Å². The van der Waals surface area contributed by atoms with E-state index in [1.54, 1.807) is 24.3 Å². The van der Waals surface area contributed by atoms with E-state index >= 15 is 0 Å². The van der Waals surface area contributed by atoms with Crippen LogP contribution in [0.15, 0.2) is 53.4 Å². The summed E-state index contributed by atoms with van der Waals surface area (Å²) in [4.78, 5) is 12.3. The number of rotatable bonds is 6. The molecule has 0 aliphatic heterocycles.